The monoisotopic (exact) mass is 240 g/mol. The molecule has 0 saturated heterocycles. The van der Waals surface area contributed by atoms with Crippen LogP contribution in [0, 0.1) is 5.92 Å². The van der Waals surface area contributed by atoms with Gasteiger partial charge in [0.1, 0.15) is 5.78 Å². The second-order valence-electron chi connectivity index (χ2n) is 5.49. The van der Waals surface area contributed by atoms with Crippen LogP contribution in [0.4, 0.5) is 0 Å². The normalized spacial score (nSPS) is 20.8. The molecular formula is C14H28N2O. The van der Waals surface area contributed by atoms with E-state index in [-0.39, 0.29) is 0 Å². The van der Waals surface area contributed by atoms with Gasteiger partial charge in [-0.15, -0.1) is 0 Å². The Morgan fingerprint density at radius 1 is 1.18 bits per heavy atom. The molecule has 0 spiro atoms. The zero-order valence-electron chi connectivity index (χ0n) is 11.7. The highest BCUT2D eigenvalue weighted by Crippen LogP contribution is 2.24. The van der Waals surface area contributed by atoms with Gasteiger partial charge in [-0.05, 0) is 52.9 Å². The lowest BCUT2D eigenvalue weighted by atomic mass is 10.0. The molecule has 1 aliphatic rings. The first-order valence-electron chi connectivity index (χ1n) is 7.03. The zero-order chi connectivity index (χ0) is 12.7. The van der Waals surface area contributed by atoms with Crippen molar-refractivity contribution in [3.63, 3.8) is 0 Å². The molecule has 1 saturated carbocycles. The molecule has 0 radical (unpaired) electrons. The van der Waals surface area contributed by atoms with Crippen LogP contribution in [0.2, 0.25) is 0 Å². The molecule has 1 aliphatic carbocycles. The first-order chi connectivity index (χ1) is 8.13. The van der Waals surface area contributed by atoms with E-state index in [4.69, 9.17) is 0 Å². The summed E-state index contributed by atoms with van der Waals surface area (Å²) in [6.07, 6.45) is 5.36. The molecule has 3 nitrogen and oxygen atoms in total. The smallest absolute Gasteiger partial charge is 0.136 e. The second kappa shape index (κ2) is 7.83. The number of nitrogens with zero attached hydrogens (tertiary/aromatic N) is 2. The van der Waals surface area contributed by atoms with Gasteiger partial charge < -0.3 is 9.80 Å². The highest BCUT2D eigenvalue weighted by atomic mass is 16.1. The summed E-state index contributed by atoms with van der Waals surface area (Å²) in [5, 5.41) is 0. The number of hydrogen-bond acceptors (Lipinski definition) is 3. The Kier molecular flexibility index (Phi) is 6.75. The summed E-state index contributed by atoms with van der Waals surface area (Å²) in [7, 11) is 4.23. The maximum Gasteiger partial charge on any atom is 0.136 e. The molecule has 1 rings (SSSR count). The van der Waals surface area contributed by atoms with Crippen LogP contribution in [-0.4, -0.2) is 55.9 Å². The number of carbonyl (C=O) groups is 1. The summed E-state index contributed by atoms with van der Waals surface area (Å²) in [5.41, 5.74) is 0. The third kappa shape index (κ3) is 5.64. The maximum atomic E-state index is 11.6. The second-order valence-corrected chi connectivity index (χ2v) is 5.49. The molecule has 0 bridgehead atoms. The highest BCUT2D eigenvalue weighted by molar-refractivity contribution is 5.82. The van der Waals surface area contributed by atoms with Gasteiger partial charge in [-0.25, -0.2) is 0 Å². The molecule has 0 aliphatic heterocycles. The molecule has 1 atom stereocenters. The van der Waals surface area contributed by atoms with Crippen molar-refractivity contribution in [2.75, 3.05) is 40.3 Å². The summed E-state index contributed by atoms with van der Waals surface area (Å²) < 4.78 is 0. The van der Waals surface area contributed by atoms with Crippen LogP contribution in [0.3, 0.4) is 0 Å². The predicted octanol–water partition coefficient (Wildman–Crippen LogP) is 2.02. The first kappa shape index (κ1) is 14.7. The summed E-state index contributed by atoms with van der Waals surface area (Å²) >= 11 is 0. The van der Waals surface area contributed by atoms with Crippen LogP contribution < -0.4 is 0 Å². The van der Waals surface area contributed by atoms with Crippen LogP contribution in [0.15, 0.2) is 0 Å². The van der Waals surface area contributed by atoms with Crippen molar-refractivity contribution in [2.24, 2.45) is 5.92 Å². The number of rotatable bonds is 8. The summed E-state index contributed by atoms with van der Waals surface area (Å²) in [6.45, 7) is 6.72. The van der Waals surface area contributed by atoms with E-state index in [2.05, 4.69) is 30.8 Å². The molecule has 0 heterocycles. The van der Waals surface area contributed by atoms with Gasteiger partial charge >= 0.3 is 0 Å². The summed E-state index contributed by atoms with van der Waals surface area (Å²) in [4.78, 5) is 16.3. The predicted molar refractivity (Wildman–Crippen MR) is 72.3 cm³/mol. The fourth-order valence-electron chi connectivity index (χ4n) is 2.52. The molecule has 0 amide bonds. The minimum absolute atomic E-state index is 0.369. The van der Waals surface area contributed by atoms with Crippen molar-refractivity contribution < 1.29 is 4.79 Å². The lowest BCUT2D eigenvalue weighted by molar-refractivity contribution is -0.120. The van der Waals surface area contributed by atoms with E-state index >= 15 is 0 Å². The van der Waals surface area contributed by atoms with Gasteiger partial charge in [-0.2, -0.15) is 0 Å². The van der Waals surface area contributed by atoms with Crippen LogP contribution in [0.25, 0.3) is 0 Å². The summed E-state index contributed by atoms with van der Waals surface area (Å²) in [5.74, 6) is 0.878. The molecule has 3 heteroatoms. The molecular weight excluding hydrogens is 212 g/mol. The average molecular weight is 240 g/mol. The van der Waals surface area contributed by atoms with Gasteiger partial charge in [0, 0.05) is 25.4 Å². The van der Waals surface area contributed by atoms with E-state index < -0.39 is 0 Å². The highest BCUT2D eigenvalue weighted by Gasteiger charge is 2.24. The Morgan fingerprint density at radius 3 is 2.47 bits per heavy atom. The zero-order valence-corrected chi connectivity index (χ0v) is 11.7. The van der Waals surface area contributed by atoms with E-state index in [1.165, 1.54) is 6.42 Å². The largest absolute Gasteiger partial charge is 0.308 e. The van der Waals surface area contributed by atoms with Crippen molar-refractivity contribution in [3.05, 3.63) is 0 Å². The molecule has 0 aromatic carbocycles. The maximum absolute atomic E-state index is 11.6. The van der Waals surface area contributed by atoms with Gasteiger partial charge in [0.05, 0.1) is 0 Å². The lowest BCUT2D eigenvalue weighted by Crippen LogP contribution is -2.34. The molecule has 1 fully saturated rings. The van der Waals surface area contributed by atoms with Crippen LogP contribution in [0.5, 0.6) is 0 Å². The minimum atomic E-state index is 0.369. The molecule has 1 unspecified atom stereocenters. The Bertz CT molecular complexity index is 228. The van der Waals surface area contributed by atoms with E-state index in [1.807, 2.05) is 0 Å². The van der Waals surface area contributed by atoms with Gasteiger partial charge in [0.25, 0.3) is 0 Å². The Morgan fingerprint density at radius 2 is 1.94 bits per heavy atom. The standard InChI is InChI=1S/C14H28N2O/c1-4-9-16(12-11-15(2)3)10-8-13-6-5-7-14(13)17/h13H,4-12H2,1-3H3. The third-order valence-corrected chi connectivity index (χ3v) is 3.63. The van der Waals surface area contributed by atoms with E-state index in [1.54, 1.807) is 0 Å². The fourth-order valence-corrected chi connectivity index (χ4v) is 2.52. The number of carbonyl (C=O) groups excluding carboxylic acids is 1. The van der Waals surface area contributed by atoms with E-state index in [0.29, 0.717) is 11.7 Å². The SMILES string of the molecule is CCCN(CCC1CCCC1=O)CCN(C)C. The first-order valence-corrected chi connectivity index (χ1v) is 7.03. The average Bonchev–Trinajstić information content (AvgIpc) is 2.68. The van der Waals surface area contributed by atoms with Gasteiger partial charge in [-0.3, -0.25) is 4.79 Å². The van der Waals surface area contributed by atoms with Crippen LogP contribution in [0.1, 0.15) is 39.0 Å². The Balaban J connectivity index is 2.25. The Hall–Kier alpha value is -0.410. The molecule has 0 aromatic heterocycles. The number of likely N-dealkylation sites (N-methyl/N-ethyl adjacent to an activating group) is 1. The van der Waals surface area contributed by atoms with Gasteiger partial charge in [-0.1, -0.05) is 6.92 Å². The number of Topliss-reactive ketones (excluding diaryl/α,β-unsaturated/α-hetero) is 1. The van der Waals surface area contributed by atoms with E-state index in [0.717, 1.165) is 51.9 Å². The molecule has 0 aromatic rings. The van der Waals surface area contributed by atoms with Crippen molar-refractivity contribution >= 4 is 5.78 Å². The van der Waals surface area contributed by atoms with E-state index in [9.17, 15) is 4.79 Å². The summed E-state index contributed by atoms with van der Waals surface area (Å²) in [6, 6.07) is 0. The molecule has 100 valence electrons. The van der Waals surface area contributed by atoms with Crippen molar-refractivity contribution in [2.45, 2.75) is 39.0 Å². The van der Waals surface area contributed by atoms with Gasteiger partial charge in [0.15, 0.2) is 0 Å². The fraction of sp³-hybridized carbons (Fsp3) is 0.929. The number of hydrogen-bond donors (Lipinski definition) is 0. The quantitative estimate of drug-likeness (QED) is 0.648. The third-order valence-electron chi connectivity index (χ3n) is 3.63. The van der Waals surface area contributed by atoms with Gasteiger partial charge in [0.2, 0.25) is 0 Å². The molecule has 17 heavy (non-hydrogen) atoms. The van der Waals surface area contributed by atoms with Crippen LogP contribution in [-0.2, 0) is 4.79 Å². The topological polar surface area (TPSA) is 23.6 Å². The Labute approximate surface area is 106 Å². The minimum Gasteiger partial charge on any atom is -0.308 e. The number of ketones is 1. The van der Waals surface area contributed by atoms with Crippen molar-refractivity contribution in [1.29, 1.82) is 0 Å². The van der Waals surface area contributed by atoms with Crippen molar-refractivity contribution in [3.8, 4) is 0 Å². The molecule has 0 N–H and O–H groups in total. The van der Waals surface area contributed by atoms with Crippen molar-refractivity contribution in [1.82, 2.24) is 9.80 Å². The lowest BCUT2D eigenvalue weighted by Gasteiger charge is -2.24. The van der Waals surface area contributed by atoms with Crippen LogP contribution >= 0.6 is 0 Å².